The predicted molar refractivity (Wildman–Crippen MR) is 125 cm³/mol. The number of nitrogens with one attached hydrogen (secondary N) is 1. The van der Waals surface area contributed by atoms with Gasteiger partial charge in [-0.3, -0.25) is 0 Å². The molecule has 0 aliphatic heterocycles. The lowest BCUT2D eigenvalue weighted by molar-refractivity contribution is 0.532. The number of hydrogen-bond donors (Lipinski definition) is 2. The molecule has 0 amide bonds. The molecule has 5 nitrogen and oxygen atoms in total. The second kappa shape index (κ2) is 8.23. The van der Waals surface area contributed by atoms with Crippen LogP contribution in [0.25, 0.3) is 22.2 Å². The number of rotatable bonds is 5. The average Bonchev–Trinajstić information content (AvgIpc) is 3.42. The van der Waals surface area contributed by atoms with Gasteiger partial charge in [-0.2, -0.15) is 0 Å². The monoisotopic (exact) mass is 433 g/mol. The van der Waals surface area contributed by atoms with Gasteiger partial charge in [-0.05, 0) is 61.5 Å². The summed E-state index contributed by atoms with van der Waals surface area (Å²) in [6, 6.07) is 13.7. The van der Waals surface area contributed by atoms with Gasteiger partial charge < -0.3 is 15.0 Å². The zero-order chi connectivity index (χ0) is 21.4. The van der Waals surface area contributed by atoms with Crippen molar-refractivity contribution < 1.29 is 4.39 Å². The van der Waals surface area contributed by atoms with Crippen molar-refractivity contribution in [1.29, 1.82) is 0 Å². The van der Waals surface area contributed by atoms with Crippen LogP contribution in [-0.4, -0.2) is 14.5 Å². The van der Waals surface area contributed by atoms with Gasteiger partial charge in [0.1, 0.15) is 23.6 Å². The first-order valence-corrected chi connectivity index (χ1v) is 11.3. The van der Waals surface area contributed by atoms with Gasteiger partial charge in [-0.25, -0.2) is 14.4 Å². The number of halogens is 1. The van der Waals surface area contributed by atoms with Gasteiger partial charge in [0.05, 0.1) is 11.1 Å². The van der Waals surface area contributed by atoms with E-state index in [2.05, 4.69) is 25.5 Å². The normalized spacial score (nSPS) is 14.4. The molecule has 31 heavy (non-hydrogen) atoms. The number of nitrogen functional groups attached to an aromatic ring is 1. The smallest absolute Gasteiger partial charge is 0.147 e. The Bertz CT molecular complexity index is 1230. The molecule has 2 heterocycles. The van der Waals surface area contributed by atoms with E-state index in [1.807, 2.05) is 37.3 Å². The minimum Gasteiger partial charge on any atom is -0.383 e. The lowest BCUT2D eigenvalue weighted by Gasteiger charge is -2.12. The van der Waals surface area contributed by atoms with Gasteiger partial charge in [0.15, 0.2) is 0 Å². The third kappa shape index (κ3) is 3.85. The standard InChI is InChI=1S/C24H24FN5S/c1-15-6-9-18(10-7-15)31-29-21-11-8-16(12-20(21)25)19-13-30(17-4-2-3-5-17)24-22(19)23(26)27-14-28-24/h6-14,17,29H,2-5H2,1H3,(H2,26,27,28). The zero-order valence-corrected chi connectivity index (χ0v) is 18.1. The molecule has 5 rings (SSSR count). The predicted octanol–water partition coefficient (Wildman–Crippen LogP) is 6.36. The number of benzene rings is 2. The Hall–Kier alpha value is -3.06. The van der Waals surface area contributed by atoms with Gasteiger partial charge in [0, 0.05) is 22.7 Å². The van der Waals surface area contributed by atoms with E-state index in [9.17, 15) is 4.39 Å². The summed E-state index contributed by atoms with van der Waals surface area (Å²) in [6.45, 7) is 2.04. The van der Waals surface area contributed by atoms with E-state index in [1.165, 1.54) is 36.7 Å². The summed E-state index contributed by atoms with van der Waals surface area (Å²) in [5.41, 5.74) is 10.3. The van der Waals surface area contributed by atoms with Gasteiger partial charge >= 0.3 is 0 Å². The maximum absolute atomic E-state index is 15.0. The molecular weight excluding hydrogens is 409 g/mol. The molecule has 0 spiro atoms. The highest BCUT2D eigenvalue weighted by Gasteiger charge is 2.23. The third-order valence-electron chi connectivity index (χ3n) is 5.94. The Morgan fingerprint density at radius 1 is 1.10 bits per heavy atom. The van der Waals surface area contributed by atoms with Crippen LogP contribution in [0.4, 0.5) is 15.9 Å². The summed E-state index contributed by atoms with van der Waals surface area (Å²) in [7, 11) is 0. The minimum absolute atomic E-state index is 0.311. The zero-order valence-electron chi connectivity index (χ0n) is 17.3. The average molecular weight is 434 g/mol. The Morgan fingerprint density at radius 2 is 1.87 bits per heavy atom. The number of fused-ring (bicyclic) bond motifs is 1. The van der Waals surface area contributed by atoms with Crippen molar-refractivity contribution in [1.82, 2.24) is 14.5 Å². The van der Waals surface area contributed by atoms with Crippen molar-refractivity contribution in [3.63, 3.8) is 0 Å². The van der Waals surface area contributed by atoms with E-state index >= 15 is 0 Å². The molecule has 2 aromatic carbocycles. The second-order valence-corrected chi connectivity index (χ2v) is 8.94. The highest BCUT2D eigenvalue weighted by atomic mass is 32.2. The number of nitrogens with two attached hydrogens (primary N) is 1. The highest BCUT2D eigenvalue weighted by Crippen LogP contribution is 2.39. The van der Waals surface area contributed by atoms with Gasteiger partial charge in [0.25, 0.3) is 0 Å². The van der Waals surface area contributed by atoms with Gasteiger partial charge in [-0.1, -0.05) is 36.6 Å². The van der Waals surface area contributed by atoms with E-state index in [4.69, 9.17) is 5.73 Å². The molecule has 158 valence electrons. The van der Waals surface area contributed by atoms with Crippen LogP contribution >= 0.6 is 11.9 Å². The molecule has 0 unspecified atom stereocenters. The van der Waals surface area contributed by atoms with E-state index in [1.54, 1.807) is 12.1 Å². The van der Waals surface area contributed by atoms with Gasteiger partial charge in [0.2, 0.25) is 0 Å². The lowest BCUT2D eigenvalue weighted by atomic mass is 10.1. The van der Waals surface area contributed by atoms with Gasteiger partial charge in [-0.15, -0.1) is 0 Å². The maximum Gasteiger partial charge on any atom is 0.147 e. The second-order valence-electron chi connectivity index (χ2n) is 8.06. The summed E-state index contributed by atoms with van der Waals surface area (Å²) < 4.78 is 20.3. The molecule has 4 aromatic rings. The van der Waals surface area contributed by atoms with Crippen molar-refractivity contribution >= 4 is 34.5 Å². The Kier molecular flexibility index (Phi) is 5.28. The van der Waals surface area contributed by atoms with Crippen molar-refractivity contribution in [2.45, 2.75) is 43.5 Å². The number of aromatic nitrogens is 3. The number of anilines is 2. The molecule has 1 aliphatic carbocycles. The molecule has 0 bridgehead atoms. The molecule has 0 atom stereocenters. The summed E-state index contributed by atoms with van der Waals surface area (Å²) in [6.07, 6.45) is 8.25. The van der Waals surface area contributed by atoms with Crippen LogP contribution in [-0.2, 0) is 0 Å². The number of hydrogen-bond acceptors (Lipinski definition) is 5. The quantitative estimate of drug-likeness (QED) is 0.358. The first kappa shape index (κ1) is 19.9. The molecule has 1 aliphatic rings. The van der Waals surface area contributed by atoms with Crippen LogP contribution in [0.15, 0.2) is 59.9 Å². The molecule has 0 radical (unpaired) electrons. The molecule has 1 saturated carbocycles. The fourth-order valence-electron chi connectivity index (χ4n) is 4.27. The first-order valence-electron chi connectivity index (χ1n) is 10.5. The fourth-order valence-corrected chi connectivity index (χ4v) is 4.94. The first-order chi connectivity index (χ1) is 15.1. The Labute approximate surface area is 185 Å². The minimum atomic E-state index is -0.311. The van der Waals surface area contributed by atoms with Crippen LogP contribution < -0.4 is 10.5 Å². The molecule has 2 aromatic heterocycles. The molecular formula is C24H24FN5S. The molecule has 1 fully saturated rings. The van der Waals surface area contributed by atoms with E-state index in [0.29, 0.717) is 17.5 Å². The lowest BCUT2D eigenvalue weighted by Crippen LogP contribution is -2.04. The summed E-state index contributed by atoms with van der Waals surface area (Å²) in [4.78, 5) is 9.72. The van der Waals surface area contributed by atoms with E-state index < -0.39 is 0 Å². The summed E-state index contributed by atoms with van der Waals surface area (Å²) in [5, 5.41) is 0.795. The number of aryl methyl sites for hydroxylation is 1. The fraction of sp³-hybridized carbons (Fsp3) is 0.250. The van der Waals surface area contributed by atoms with Crippen molar-refractivity contribution in [2.75, 3.05) is 10.5 Å². The number of nitrogens with zero attached hydrogens (tertiary/aromatic N) is 3. The Balaban J connectivity index is 1.47. The maximum atomic E-state index is 15.0. The van der Waals surface area contributed by atoms with Crippen LogP contribution in [0.3, 0.4) is 0 Å². The van der Waals surface area contributed by atoms with Crippen LogP contribution in [0.1, 0.15) is 37.3 Å². The van der Waals surface area contributed by atoms with Crippen molar-refractivity contribution in [3.05, 3.63) is 66.4 Å². The Morgan fingerprint density at radius 3 is 2.61 bits per heavy atom. The topological polar surface area (TPSA) is 68.8 Å². The van der Waals surface area contributed by atoms with Crippen LogP contribution in [0.5, 0.6) is 0 Å². The van der Waals surface area contributed by atoms with Crippen LogP contribution in [0, 0.1) is 12.7 Å². The molecule has 3 N–H and O–H groups in total. The third-order valence-corrected chi connectivity index (χ3v) is 6.77. The molecule has 7 heteroatoms. The largest absolute Gasteiger partial charge is 0.383 e. The summed E-state index contributed by atoms with van der Waals surface area (Å²) >= 11 is 1.39. The van der Waals surface area contributed by atoms with E-state index in [0.717, 1.165) is 39.9 Å². The van der Waals surface area contributed by atoms with E-state index in [-0.39, 0.29) is 5.82 Å². The highest BCUT2D eigenvalue weighted by molar-refractivity contribution is 8.00. The van der Waals surface area contributed by atoms with Crippen molar-refractivity contribution in [3.8, 4) is 11.1 Å². The summed E-state index contributed by atoms with van der Waals surface area (Å²) in [5.74, 6) is 0.114. The molecule has 0 saturated heterocycles. The SMILES string of the molecule is Cc1ccc(SNc2ccc(-c3cn(C4CCCC4)c4ncnc(N)c34)cc2F)cc1. The van der Waals surface area contributed by atoms with Crippen LogP contribution in [0.2, 0.25) is 0 Å². The van der Waals surface area contributed by atoms with Crippen molar-refractivity contribution in [2.24, 2.45) is 0 Å².